The summed E-state index contributed by atoms with van der Waals surface area (Å²) >= 11 is 0. The summed E-state index contributed by atoms with van der Waals surface area (Å²) in [6, 6.07) is 0.639. The van der Waals surface area contributed by atoms with Crippen LogP contribution < -0.4 is 10.0 Å². The SMILES string of the molecule is O=S(=O)(NCc1cn[nH]c1)c1cnn(CCNC2CC2)c1. The van der Waals surface area contributed by atoms with Crippen molar-refractivity contribution in [3.05, 3.63) is 30.4 Å². The highest BCUT2D eigenvalue weighted by atomic mass is 32.2. The molecule has 1 aliphatic carbocycles. The first kappa shape index (κ1) is 14.2. The molecule has 1 aliphatic rings. The largest absolute Gasteiger partial charge is 0.312 e. The Hall–Kier alpha value is -1.71. The van der Waals surface area contributed by atoms with Crippen molar-refractivity contribution in [1.29, 1.82) is 0 Å². The Labute approximate surface area is 123 Å². The summed E-state index contributed by atoms with van der Waals surface area (Å²) in [5.41, 5.74) is 0.777. The molecule has 8 nitrogen and oxygen atoms in total. The fourth-order valence-corrected chi connectivity index (χ4v) is 2.88. The summed E-state index contributed by atoms with van der Waals surface area (Å²) in [7, 11) is -3.54. The monoisotopic (exact) mass is 310 g/mol. The second-order valence-electron chi connectivity index (χ2n) is 5.10. The molecule has 114 valence electrons. The molecule has 0 radical (unpaired) electrons. The first-order chi connectivity index (χ1) is 10.1. The quantitative estimate of drug-likeness (QED) is 0.628. The van der Waals surface area contributed by atoms with Gasteiger partial charge in [-0.25, -0.2) is 13.1 Å². The lowest BCUT2D eigenvalue weighted by atomic mass is 10.4. The lowest BCUT2D eigenvalue weighted by molar-refractivity contribution is 0.551. The highest BCUT2D eigenvalue weighted by molar-refractivity contribution is 7.89. The van der Waals surface area contributed by atoms with Crippen molar-refractivity contribution in [2.45, 2.75) is 36.9 Å². The van der Waals surface area contributed by atoms with E-state index >= 15 is 0 Å². The van der Waals surface area contributed by atoms with Crippen molar-refractivity contribution in [2.24, 2.45) is 0 Å². The number of aromatic amines is 1. The van der Waals surface area contributed by atoms with E-state index in [4.69, 9.17) is 0 Å². The molecule has 0 atom stereocenters. The van der Waals surface area contributed by atoms with Crippen LogP contribution in [0.15, 0.2) is 29.7 Å². The summed E-state index contributed by atoms with van der Waals surface area (Å²) < 4.78 is 28.4. The number of hydrogen-bond acceptors (Lipinski definition) is 5. The molecule has 3 N–H and O–H groups in total. The third-order valence-corrected chi connectivity index (χ3v) is 4.65. The molecule has 1 saturated carbocycles. The van der Waals surface area contributed by atoms with Gasteiger partial charge in [-0.3, -0.25) is 9.78 Å². The third kappa shape index (κ3) is 3.90. The van der Waals surface area contributed by atoms with Gasteiger partial charge < -0.3 is 5.32 Å². The highest BCUT2D eigenvalue weighted by Crippen LogP contribution is 2.18. The van der Waals surface area contributed by atoms with Gasteiger partial charge in [-0.1, -0.05) is 0 Å². The van der Waals surface area contributed by atoms with E-state index in [1.54, 1.807) is 23.3 Å². The third-order valence-electron chi connectivity index (χ3n) is 3.29. The summed E-state index contributed by atoms with van der Waals surface area (Å²) in [6.45, 7) is 1.66. The van der Waals surface area contributed by atoms with Crippen LogP contribution in [0, 0.1) is 0 Å². The molecule has 0 amide bonds. The van der Waals surface area contributed by atoms with Gasteiger partial charge in [0.1, 0.15) is 4.90 Å². The number of rotatable bonds is 8. The fourth-order valence-electron chi connectivity index (χ4n) is 1.91. The van der Waals surface area contributed by atoms with Crippen LogP contribution in [0.5, 0.6) is 0 Å². The number of H-pyrrole nitrogens is 1. The molecule has 0 bridgehead atoms. The molecule has 2 aromatic rings. The van der Waals surface area contributed by atoms with Gasteiger partial charge in [0.2, 0.25) is 10.0 Å². The Balaban J connectivity index is 1.55. The van der Waals surface area contributed by atoms with Crippen molar-refractivity contribution in [3.8, 4) is 0 Å². The molecule has 21 heavy (non-hydrogen) atoms. The van der Waals surface area contributed by atoms with Crippen LogP contribution in [-0.2, 0) is 23.1 Å². The highest BCUT2D eigenvalue weighted by Gasteiger charge is 2.20. The normalized spacial score (nSPS) is 15.4. The van der Waals surface area contributed by atoms with E-state index in [1.165, 1.54) is 19.0 Å². The van der Waals surface area contributed by atoms with Crippen LogP contribution in [0.25, 0.3) is 0 Å². The zero-order chi connectivity index (χ0) is 14.7. The first-order valence-corrected chi connectivity index (χ1v) is 8.35. The van der Waals surface area contributed by atoms with Crippen molar-refractivity contribution in [1.82, 2.24) is 30.0 Å². The molecule has 9 heteroatoms. The molecular formula is C12H18N6O2S. The lowest BCUT2D eigenvalue weighted by Gasteiger charge is -2.03. The zero-order valence-electron chi connectivity index (χ0n) is 11.5. The predicted octanol–water partition coefficient (Wildman–Crippen LogP) is -0.163. The van der Waals surface area contributed by atoms with Gasteiger partial charge in [-0.15, -0.1) is 0 Å². The first-order valence-electron chi connectivity index (χ1n) is 6.87. The van der Waals surface area contributed by atoms with E-state index in [2.05, 4.69) is 25.3 Å². The van der Waals surface area contributed by atoms with E-state index < -0.39 is 10.0 Å². The molecule has 1 fully saturated rings. The molecule has 0 spiro atoms. The molecule has 0 aliphatic heterocycles. The van der Waals surface area contributed by atoms with Gasteiger partial charge in [-0.05, 0) is 12.8 Å². The fraction of sp³-hybridized carbons (Fsp3) is 0.500. The maximum atomic E-state index is 12.1. The standard InChI is InChI=1S/C12H18N6O2S/c19-21(20,17-7-10-5-14-15-6-10)12-8-16-18(9-12)4-3-13-11-1-2-11/h5-6,8-9,11,13,17H,1-4,7H2,(H,14,15). The van der Waals surface area contributed by atoms with E-state index in [0.29, 0.717) is 12.6 Å². The molecule has 0 saturated heterocycles. The van der Waals surface area contributed by atoms with Gasteiger partial charge in [0.05, 0.1) is 18.9 Å². The summed E-state index contributed by atoms with van der Waals surface area (Å²) in [5.74, 6) is 0. The van der Waals surface area contributed by atoms with Gasteiger partial charge >= 0.3 is 0 Å². The number of sulfonamides is 1. The van der Waals surface area contributed by atoms with Crippen molar-refractivity contribution in [3.63, 3.8) is 0 Å². The number of aromatic nitrogens is 4. The smallest absolute Gasteiger partial charge is 0.243 e. The predicted molar refractivity (Wildman–Crippen MR) is 75.9 cm³/mol. The minimum Gasteiger partial charge on any atom is -0.312 e. The average molecular weight is 310 g/mol. The van der Waals surface area contributed by atoms with Crippen molar-refractivity contribution in [2.75, 3.05) is 6.54 Å². The van der Waals surface area contributed by atoms with Gasteiger partial charge in [-0.2, -0.15) is 10.2 Å². The number of nitrogens with one attached hydrogen (secondary N) is 3. The average Bonchev–Trinajstić information content (AvgIpc) is 2.94. The van der Waals surface area contributed by atoms with Crippen LogP contribution in [-0.4, -0.2) is 41.0 Å². The molecular weight excluding hydrogens is 292 g/mol. The van der Waals surface area contributed by atoms with E-state index in [9.17, 15) is 8.42 Å². The lowest BCUT2D eigenvalue weighted by Crippen LogP contribution is -2.23. The minimum absolute atomic E-state index is 0.178. The second-order valence-corrected chi connectivity index (χ2v) is 6.87. The van der Waals surface area contributed by atoms with Crippen LogP contribution in [0.1, 0.15) is 18.4 Å². The van der Waals surface area contributed by atoms with Crippen molar-refractivity contribution >= 4 is 10.0 Å². The number of hydrogen-bond donors (Lipinski definition) is 3. The Morgan fingerprint density at radius 1 is 1.38 bits per heavy atom. The van der Waals surface area contributed by atoms with Crippen LogP contribution in [0.4, 0.5) is 0 Å². The molecule has 2 heterocycles. The summed E-state index contributed by atoms with van der Waals surface area (Å²) in [6.07, 6.45) is 8.61. The summed E-state index contributed by atoms with van der Waals surface area (Å²) in [5, 5.41) is 13.9. The van der Waals surface area contributed by atoms with E-state index in [1.807, 2.05) is 0 Å². The van der Waals surface area contributed by atoms with Gasteiger partial charge in [0.25, 0.3) is 0 Å². The topological polar surface area (TPSA) is 105 Å². The maximum absolute atomic E-state index is 12.1. The Bertz CT molecular complexity index is 674. The van der Waals surface area contributed by atoms with E-state index in [0.717, 1.165) is 12.1 Å². The molecule has 0 aromatic carbocycles. The van der Waals surface area contributed by atoms with Crippen LogP contribution >= 0.6 is 0 Å². The Kier molecular flexibility index (Phi) is 4.04. The van der Waals surface area contributed by atoms with Gasteiger partial charge in [0, 0.05) is 37.1 Å². The molecule has 2 aromatic heterocycles. The van der Waals surface area contributed by atoms with Crippen LogP contribution in [0.3, 0.4) is 0 Å². The second kappa shape index (κ2) is 5.96. The Morgan fingerprint density at radius 2 is 2.24 bits per heavy atom. The minimum atomic E-state index is -3.54. The zero-order valence-corrected chi connectivity index (χ0v) is 12.3. The van der Waals surface area contributed by atoms with Gasteiger partial charge in [0.15, 0.2) is 0 Å². The summed E-state index contributed by atoms with van der Waals surface area (Å²) in [4.78, 5) is 0.178. The maximum Gasteiger partial charge on any atom is 0.243 e. The molecule has 0 unspecified atom stereocenters. The molecule has 3 rings (SSSR count). The Morgan fingerprint density at radius 3 is 2.95 bits per heavy atom. The number of nitrogens with zero attached hydrogens (tertiary/aromatic N) is 3. The van der Waals surface area contributed by atoms with E-state index in [-0.39, 0.29) is 11.4 Å². The van der Waals surface area contributed by atoms with Crippen LogP contribution in [0.2, 0.25) is 0 Å². The van der Waals surface area contributed by atoms with Crippen molar-refractivity contribution < 1.29 is 8.42 Å².